The molecule has 0 spiro atoms. The van der Waals surface area contributed by atoms with E-state index >= 15 is 0 Å². The van der Waals surface area contributed by atoms with E-state index in [1.54, 1.807) is 12.1 Å². The summed E-state index contributed by atoms with van der Waals surface area (Å²) < 4.78 is 5.21. The number of furan rings is 1. The number of hydrogen-bond acceptors (Lipinski definition) is 2. The number of rotatable bonds is 2. The molecule has 0 aliphatic rings. The summed E-state index contributed by atoms with van der Waals surface area (Å²) in [6.45, 7) is 10.5. The van der Waals surface area contributed by atoms with E-state index in [1.807, 2.05) is 13.8 Å². The normalized spacial score (nSPS) is 11.6. The summed E-state index contributed by atoms with van der Waals surface area (Å²) in [4.78, 5) is 12.4. The summed E-state index contributed by atoms with van der Waals surface area (Å²) in [5, 5.41) is 0. The van der Waals surface area contributed by atoms with E-state index in [9.17, 15) is 4.79 Å². The molecule has 0 radical (unpaired) electrons. The van der Waals surface area contributed by atoms with Gasteiger partial charge in [-0.1, -0.05) is 32.9 Å². The Morgan fingerprint density at radius 2 is 1.68 bits per heavy atom. The maximum atomic E-state index is 12.4. The second kappa shape index (κ2) is 4.69. The lowest BCUT2D eigenvalue weighted by molar-refractivity contribution is 0.101. The van der Waals surface area contributed by atoms with E-state index < -0.39 is 0 Å². The van der Waals surface area contributed by atoms with Crippen LogP contribution in [0.3, 0.4) is 0 Å². The Labute approximate surface area is 114 Å². The molecule has 2 rings (SSSR count). The highest BCUT2D eigenvalue weighted by molar-refractivity contribution is 6.09. The maximum Gasteiger partial charge on any atom is 0.228 e. The first-order valence-corrected chi connectivity index (χ1v) is 6.50. The quantitative estimate of drug-likeness (QED) is 0.744. The van der Waals surface area contributed by atoms with Crippen molar-refractivity contribution in [3.05, 3.63) is 58.5 Å². The minimum absolute atomic E-state index is 0.0412. The van der Waals surface area contributed by atoms with Crippen molar-refractivity contribution >= 4 is 5.78 Å². The number of hydrogen-bond donors (Lipinski definition) is 0. The number of carbonyl (C=O) groups is 1. The van der Waals surface area contributed by atoms with Gasteiger partial charge in [-0.3, -0.25) is 4.79 Å². The summed E-state index contributed by atoms with van der Waals surface area (Å²) in [6, 6.07) is 7.65. The molecule has 0 amide bonds. The molecule has 2 nitrogen and oxygen atoms in total. The first kappa shape index (κ1) is 13.6. The first-order chi connectivity index (χ1) is 8.80. The number of carbonyl (C=O) groups excluding carboxylic acids is 1. The summed E-state index contributed by atoms with van der Waals surface area (Å²) in [5.74, 6) is 0.357. The highest BCUT2D eigenvalue weighted by Gasteiger charge is 2.21. The number of aryl methyl sites for hydroxylation is 2. The van der Waals surface area contributed by atoms with Gasteiger partial charge in [0.25, 0.3) is 0 Å². The van der Waals surface area contributed by atoms with Gasteiger partial charge in [0.1, 0.15) is 0 Å². The van der Waals surface area contributed by atoms with Crippen molar-refractivity contribution in [3.8, 4) is 0 Å². The molecule has 0 saturated heterocycles. The molecule has 0 atom stereocenters. The van der Waals surface area contributed by atoms with Crippen LogP contribution >= 0.6 is 0 Å². The van der Waals surface area contributed by atoms with E-state index in [2.05, 4.69) is 32.9 Å². The van der Waals surface area contributed by atoms with Crippen molar-refractivity contribution in [2.24, 2.45) is 0 Å². The smallest absolute Gasteiger partial charge is 0.228 e. The van der Waals surface area contributed by atoms with Crippen LogP contribution in [0.15, 0.2) is 34.9 Å². The van der Waals surface area contributed by atoms with Crippen LogP contribution in [0.4, 0.5) is 0 Å². The van der Waals surface area contributed by atoms with Crippen LogP contribution in [0.5, 0.6) is 0 Å². The third-order valence-corrected chi connectivity index (χ3v) is 3.37. The van der Waals surface area contributed by atoms with Crippen LogP contribution in [-0.2, 0) is 5.41 Å². The van der Waals surface area contributed by atoms with E-state index in [4.69, 9.17) is 4.42 Å². The molecule has 0 unspecified atom stereocenters. The predicted octanol–water partition coefficient (Wildman–Crippen LogP) is 4.42. The molecule has 1 aromatic carbocycles. The van der Waals surface area contributed by atoms with Crippen molar-refractivity contribution < 1.29 is 9.21 Å². The van der Waals surface area contributed by atoms with Crippen molar-refractivity contribution in [1.82, 2.24) is 0 Å². The van der Waals surface area contributed by atoms with Gasteiger partial charge in [0.15, 0.2) is 5.76 Å². The van der Waals surface area contributed by atoms with Crippen LogP contribution < -0.4 is 0 Å². The van der Waals surface area contributed by atoms with Crippen LogP contribution in [0.25, 0.3) is 0 Å². The van der Waals surface area contributed by atoms with Gasteiger partial charge in [-0.05, 0) is 48.1 Å². The molecular weight excluding hydrogens is 236 g/mol. The van der Waals surface area contributed by atoms with E-state index in [-0.39, 0.29) is 11.2 Å². The van der Waals surface area contributed by atoms with Crippen LogP contribution in [0, 0.1) is 13.8 Å². The monoisotopic (exact) mass is 256 g/mol. The molecule has 1 heterocycles. The summed E-state index contributed by atoms with van der Waals surface area (Å²) in [5.41, 5.74) is 4.10. The zero-order valence-electron chi connectivity index (χ0n) is 12.2. The Morgan fingerprint density at radius 1 is 1.11 bits per heavy atom. The highest BCUT2D eigenvalue weighted by Crippen LogP contribution is 2.28. The fourth-order valence-corrected chi connectivity index (χ4v) is 2.29. The highest BCUT2D eigenvalue weighted by atomic mass is 16.3. The van der Waals surface area contributed by atoms with Crippen molar-refractivity contribution in [2.75, 3.05) is 0 Å². The minimum atomic E-state index is -0.0412. The molecule has 2 heteroatoms. The Hall–Kier alpha value is -1.83. The number of ketones is 1. The second-order valence-electron chi connectivity index (χ2n) is 6.04. The Bertz CT molecular complexity index is 576. The van der Waals surface area contributed by atoms with Gasteiger partial charge in [0.2, 0.25) is 5.78 Å². The van der Waals surface area contributed by atoms with Crippen LogP contribution in [0.1, 0.15) is 53.6 Å². The number of benzene rings is 1. The Morgan fingerprint density at radius 3 is 2.11 bits per heavy atom. The molecule has 0 aliphatic heterocycles. The van der Waals surface area contributed by atoms with Crippen molar-refractivity contribution in [3.63, 3.8) is 0 Å². The third-order valence-electron chi connectivity index (χ3n) is 3.37. The average Bonchev–Trinajstić information content (AvgIpc) is 2.79. The molecule has 1 aromatic heterocycles. The third kappa shape index (κ3) is 2.62. The van der Waals surface area contributed by atoms with E-state index in [0.29, 0.717) is 5.76 Å². The second-order valence-corrected chi connectivity index (χ2v) is 6.04. The fraction of sp³-hybridized carbons (Fsp3) is 0.353. The van der Waals surface area contributed by atoms with Crippen molar-refractivity contribution in [1.29, 1.82) is 0 Å². The van der Waals surface area contributed by atoms with Crippen LogP contribution in [0.2, 0.25) is 0 Å². The Kier molecular flexibility index (Phi) is 3.36. The average molecular weight is 256 g/mol. The van der Waals surface area contributed by atoms with Gasteiger partial charge in [0.05, 0.1) is 6.26 Å². The summed E-state index contributed by atoms with van der Waals surface area (Å²) >= 11 is 0. The molecule has 100 valence electrons. The molecule has 0 fully saturated rings. The minimum Gasteiger partial charge on any atom is -0.461 e. The van der Waals surface area contributed by atoms with Crippen LogP contribution in [-0.4, -0.2) is 5.78 Å². The largest absolute Gasteiger partial charge is 0.461 e. The standard InChI is InChI=1S/C17H20O2/c1-11-9-13(17(3,4)5)10-12(2)15(11)16(18)14-7-6-8-19-14/h6-10H,1-5H3. The fourth-order valence-electron chi connectivity index (χ4n) is 2.29. The van der Waals surface area contributed by atoms with E-state index in [1.165, 1.54) is 11.8 Å². The summed E-state index contributed by atoms with van der Waals surface area (Å²) in [6.07, 6.45) is 1.53. The molecule has 19 heavy (non-hydrogen) atoms. The van der Waals surface area contributed by atoms with Gasteiger partial charge in [-0.15, -0.1) is 0 Å². The zero-order chi connectivity index (χ0) is 14.2. The lowest BCUT2D eigenvalue weighted by atomic mass is 9.83. The SMILES string of the molecule is Cc1cc(C(C)(C)C)cc(C)c1C(=O)c1ccco1. The lowest BCUT2D eigenvalue weighted by Gasteiger charge is -2.21. The Balaban J connectivity index is 2.52. The lowest BCUT2D eigenvalue weighted by Crippen LogP contribution is -2.14. The van der Waals surface area contributed by atoms with Gasteiger partial charge in [-0.2, -0.15) is 0 Å². The molecule has 0 saturated carbocycles. The topological polar surface area (TPSA) is 30.2 Å². The molecule has 2 aromatic rings. The van der Waals surface area contributed by atoms with Gasteiger partial charge in [-0.25, -0.2) is 0 Å². The molecule has 0 aliphatic carbocycles. The maximum absolute atomic E-state index is 12.4. The van der Waals surface area contributed by atoms with E-state index in [0.717, 1.165) is 16.7 Å². The van der Waals surface area contributed by atoms with Gasteiger partial charge >= 0.3 is 0 Å². The first-order valence-electron chi connectivity index (χ1n) is 6.50. The van der Waals surface area contributed by atoms with Gasteiger partial charge in [0, 0.05) is 5.56 Å². The predicted molar refractivity (Wildman–Crippen MR) is 76.8 cm³/mol. The molecular formula is C17H20O2. The van der Waals surface area contributed by atoms with Crippen molar-refractivity contribution in [2.45, 2.75) is 40.0 Å². The molecule has 0 bridgehead atoms. The van der Waals surface area contributed by atoms with Gasteiger partial charge < -0.3 is 4.42 Å². The summed E-state index contributed by atoms with van der Waals surface area (Å²) in [7, 11) is 0. The zero-order valence-corrected chi connectivity index (χ0v) is 12.2. The molecule has 0 N–H and O–H groups in total.